The summed E-state index contributed by atoms with van der Waals surface area (Å²) in [7, 11) is 0. The fraction of sp³-hybridized carbons (Fsp3) is 0.316. The van der Waals surface area contributed by atoms with Crippen molar-refractivity contribution >= 4 is 34.1 Å². The molecule has 1 aromatic carbocycles. The smallest absolute Gasteiger partial charge is 0.237 e. The monoisotopic (exact) mass is 369 g/mol. The average Bonchev–Trinajstić information content (AvgIpc) is 3.08. The average molecular weight is 370 g/mol. The highest BCUT2D eigenvalue weighted by atomic mass is 35.5. The van der Waals surface area contributed by atoms with E-state index in [-0.39, 0.29) is 18.4 Å². The molecule has 1 atom stereocenters. The molecule has 1 saturated heterocycles. The van der Waals surface area contributed by atoms with Gasteiger partial charge in [0.25, 0.3) is 0 Å². The lowest BCUT2D eigenvalue weighted by Gasteiger charge is -2.34. The van der Waals surface area contributed by atoms with Gasteiger partial charge in [-0.05, 0) is 37.1 Å². The molecule has 0 spiro atoms. The van der Waals surface area contributed by atoms with Crippen molar-refractivity contribution in [2.24, 2.45) is 5.73 Å². The second-order valence-electron chi connectivity index (χ2n) is 6.66. The zero-order valence-corrected chi connectivity index (χ0v) is 15.1. The molecule has 0 bridgehead atoms. The Morgan fingerprint density at radius 2 is 2.15 bits per heavy atom. The summed E-state index contributed by atoms with van der Waals surface area (Å²) < 4.78 is 1.86. The van der Waals surface area contributed by atoms with Crippen molar-refractivity contribution < 1.29 is 4.79 Å². The van der Waals surface area contributed by atoms with E-state index in [4.69, 9.17) is 17.3 Å². The van der Waals surface area contributed by atoms with Gasteiger partial charge in [0.1, 0.15) is 12.4 Å². The Morgan fingerprint density at radius 3 is 3.00 bits per heavy atom. The van der Waals surface area contributed by atoms with Crippen LogP contribution in [0, 0.1) is 0 Å². The van der Waals surface area contributed by atoms with Gasteiger partial charge in [0, 0.05) is 53.7 Å². The second kappa shape index (κ2) is 6.96. The van der Waals surface area contributed by atoms with E-state index in [0.29, 0.717) is 5.02 Å². The van der Waals surface area contributed by atoms with Gasteiger partial charge in [-0.2, -0.15) is 0 Å². The maximum atomic E-state index is 11.3. The fourth-order valence-corrected chi connectivity index (χ4v) is 3.94. The number of hydrogen-bond acceptors (Lipinski definition) is 4. The topological polar surface area (TPSA) is 77.0 Å². The van der Waals surface area contributed by atoms with Crippen LogP contribution in [0.1, 0.15) is 24.6 Å². The number of imidazole rings is 1. The van der Waals surface area contributed by atoms with Gasteiger partial charge in [-0.25, -0.2) is 4.98 Å². The first kappa shape index (κ1) is 16.8. The lowest BCUT2D eigenvalue weighted by Crippen LogP contribution is -2.36. The Bertz CT molecular complexity index is 954. The van der Waals surface area contributed by atoms with Gasteiger partial charge in [-0.3, -0.25) is 9.78 Å². The number of rotatable bonds is 4. The normalized spacial score (nSPS) is 17.6. The number of hydrogen-bond donors (Lipinski definition) is 1. The summed E-state index contributed by atoms with van der Waals surface area (Å²) in [5.41, 5.74) is 7.41. The number of carbonyl (C=O) groups excluding carboxylic acids is 1. The third-order valence-corrected chi connectivity index (χ3v) is 5.12. The fourth-order valence-electron chi connectivity index (χ4n) is 3.77. The Kier molecular flexibility index (Phi) is 4.51. The first-order chi connectivity index (χ1) is 12.6. The van der Waals surface area contributed by atoms with Crippen LogP contribution in [-0.4, -0.2) is 33.5 Å². The van der Waals surface area contributed by atoms with Crippen LogP contribution in [0.5, 0.6) is 0 Å². The zero-order chi connectivity index (χ0) is 18.1. The SMILES string of the molecule is NC(=O)Cn1ccnc1C1CCCN(c2ccnc3cc(Cl)ccc23)C1. The van der Waals surface area contributed by atoms with Crippen molar-refractivity contribution in [3.05, 3.63) is 53.7 Å². The summed E-state index contributed by atoms with van der Waals surface area (Å²) >= 11 is 6.10. The highest BCUT2D eigenvalue weighted by Crippen LogP contribution is 2.33. The number of fused-ring (bicyclic) bond motifs is 1. The van der Waals surface area contributed by atoms with E-state index in [1.807, 2.05) is 35.2 Å². The molecule has 0 radical (unpaired) electrons. The number of carbonyl (C=O) groups is 1. The molecule has 2 aromatic heterocycles. The summed E-state index contributed by atoms with van der Waals surface area (Å²) in [6, 6.07) is 7.86. The van der Waals surface area contributed by atoms with Crippen molar-refractivity contribution in [1.29, 1.82) is 0 Å². The lowest BCUT2D eigenvalue weighted by molar-refractivity contribution is -0.118. The van der Waals surface area contributed by atoms with Crippen molar-refractivity contribution in [3.8, 4) is 0 Å². The predicted octanol–water partition coefficient (Wildman–Crippen LogP) is 2.95. The number of amides is 1. The molecule has 7 heteroatoms. The molecule has 2 N–H and O–H groups in total. The molecular weight excluding hydrogens is 350 g/mol. The van der Waals surface area contributed by atoms with Crippen LogP contribution < -0.4 is 10.6 Å². The minimum absolute atomic E-state index is 0.169. The first-order valence-corrected chi connectivity index (χ1v) is 9.08. The van der Waals surface area contributed by atoms with Crippen molar-refractivity contribution in [3.63, 3.8) is 0 Å². The third-order valence-electron chi connectivity index (χ3n) is 4.88. The summed E-state index contributed by atoms with van der Waals surface area (Å²) in [6.07, 6.45) is 7.49. The number of anilines is 1. The highest BCUT2D eigenvalue weighted by molar-refractivity contribution is 6.31. The molecular formula is C19H20ClN5O. The first-order valence-electron chi connectivity index (χ1n) is 8.70. The molecule has 3 aromatic rings. The van der Waals surface area contributed by atoms with E-state index in [2.05, 4.69) is 20.9 Å². The molecule has 4 rings (SSSR count). The Morgan fingerprint density at radius 1 is 1.27 bits per heavy atom. The molecule has 134 valence electrons. The third kappa shape index (κ3) is 3.24. The Balaban J connectivity index is 1.64. The van der Waals surface area contributed by atoms with E-state index >= 15 is 0 Å². The number of nitrogens with two attached hydrogens (primary N) is 1. The van der Waals surface area contributed by atoms with E-state index in [1.165, 1.54) is 0 Å². The molecule has 0 aliphatic carbocycles. The molecule has 1 aliphatic rings. The Hall–Kier alpha value is -2.60. The molecule has 6 nitrogen and oxygen atoms in total. The van der Waals surface area contributed by atoms with Crippen LogP contribution in [0.25, 0.3) is 10.9 Å². The van der Waals surface area contributed by atoms with Gasteiger partial charge >= 0.3 is 0 Å². The molecule has 1 amide bonds. The maximum Gasteiger partial charge on any atom is 0.237 e. The van der Waals surface area contributed by atoms with Gasteiger partial charge in [0.2, 0.25) is 5.91 Å². The van der Waals surface area contributed by atoms with Gasteiger partial charge in [-0.15, -0.1) is 0 Å². The van der Waals surface area contributed by atoms with Crippen molar-refractivity contribution in [2.75, 3.05) is 18.0 Å². The van der Waals surface area contributed by atoms with Crippen LogP contribution >= 0.6 is 11.6 Å². The number of piperidine rings is 1. The van der Waals surface area contributed by atoms with Crippen LogP contribution in [-0.2, 0) is 11.3 Å². The molecule has 1 aliphatic heterocycles. The van der Waals surface area contributed by atoms with Crippen LogP contribution in [0.4, 0.5) is 5.69 Å². The number of pyridine rings is 1. The quantitative estimate of drug-likeness (QED) is 0.767. The van der Waals surface area contributed by atoms with Crippen molar-refractivity contribution in [1.82, 2.24) is 14.5 Å². The molecule has 26 heavy (non-hydrogen) atoms. The molecule has 1 unspecified atom stereocenters. The largest absolute Gasteiger partial charge is 0.370 e. The summed E-state index contributed by atoms with van der Waals surface area (Å²) in [4.78, 5) is 22.6. The second-order valence-corrected chi connectivity index (χ2v) is 7.09. The Labute approximate surface area is 156 Å². The number of halogens is 1. The van der Waals surface area contributed by atoms with Gasteiger partial charge in [0.05, 0.1) is 5.52 Å². The van der Waals surface area contributed by atoms with Crippen LogP contribution in [0.2, 0.25) is 5.02 Å². The minimum atomic E-state index is -0.353. The van der Waals surface area contributed by atoms with E-state index in [9.17, 15) is 4.79 Å². The highest BCUT2D eigenvalue weighted by Gasteiger charge is 2.26. The van der Waals surface area contributed by atoms with Gasteiger partial charge < -0.3 is 15.2 Å². The predicted molar refractivity (Wildman–Crippen MR) is 102 cm³/mol. The molecule has 1 fully saturated rings. The lowest BCUT2D eigenvalue weighted by atomic mass is 9.96. The number of nitrogens with zero attached hydrogens (tertiary/aromatic N) is 4. The van der Waals surface area contributed by atoms with E-state index in [1.54, 1.807) is 6.20 Å². The number of primary amides is 1. The summed E-state index contributed by atoms with van der Waals surface area (Å²) in [6.45, 7) is 1.99. The van der Waals surface area contributed by atoms with E-state index < -0.39 is 0 Å². The standard InChI is InChI=1S/C19H20ClN5O/c20-14-3-4-15-16(10-14)22-6-5-17(15)24-8-1-2-13(11-24)19-23-7-9-25(19)12-18(21)26/h3-7,9-10,13H,1-2,8,11-12H2,(H2,21,26). The summed E-state index contributed by atoms with van der Waals surface area (Å²) in [5.74, 6) is 0.831. The van der Waals surface area contributed by atoms with Gasteiger partial charge in [0.15, 0.2) is 0 Å². The van der Waals surface area contributed by atoms with Crippen molar-refractivity contribution in [2.45, 2.75) is 25.3 Å². The zero-order valence-electron chi connectivity index (χ0n) is 14.3. The van der Waals surface area contributed by atoms with Crippen LogP contribution in [0.15, 0.2) is 42.9 Å². The number of aromatic nitrogens is 3. The van der Waals surface area contributed by atoms with Gasteiger partial charge in [-0.1, -0.05) is 11.6 Å². The van der Waals surface area contributed by atoms with Crippen LogP contribution in [0.3, 0.4) is 0 Å². The maximum absolute atomic E-state index is 11.3. The molecule has 0 saturated carbocycles. The summed E-state index contributed by atoms with van der Waals surface area (Å²) in [5, 5.41) is 1.78. The minimum Gasteiger partial charge on any atom is -0.370 e. The van der Waals surface area contributed by atoms with E-state index in [0.717, 1.165) is 48.3 Å². The molecule has 3 heterocycles. The number of benzene rings is 1.